The monoisotopic (exact) mass is 245 g/mol. The van der Waals surface area contributed by atoms with E-state index in [9.17, 15) is 18.4 Å². The largest absolute Gasteiger partial charge is 0.740 e. The SMILES string of the molecule is O=C(O)c1cc(O)cc(C(=O)OS(=O)[O-])c1. The second kappa shape index (κ2) is 4.73. The highest BCUT2D eigenvalue weighted by Crippen LogP contribution is 2.16. The van der Waals surface area contributed by atoms with Crippen molar-refractivity contribution in [3.05, 3.63) is 29.3 Å². The molecule has 0 amide bonds. The Labute approximate surface area is 91.8 Å². The Hall–Kier alpha value is -1.93. The number of aromatic carboxylic acids is 1. The molecule has 86 valence electrons. The predicted molar refractivity (Wildman–Crippen MR) is 49.4 cm³/mol. The number of hydrogen-bond donors (Lipinski definition) is 2. The number of carboxylic acid groups (broad SMARTS) is 1. The van der Waals surface area contributed by atoms with Gasteiger partial charge in [-0.05, 0) is 18.2 Å². The molecule has 1 unspecified atom stereocenters. The standard InChI is InChI=1S/C8H6O7S/c9-6-2-4(7(10)11)1-5(3-6)8(12)15-16(13)14/h1-3,9H,(H,10,11)(H,13,14)/p-1. The van der Waals surface area contributed by atoms with Crippen molar-refractivity contribution in [1.29, 1.82) is 0 Å². The first-order valence-electron chi connectivity index (χ1n) is 3.79. The van der Waals surface area contributed by atoms with E-state index in [1.54, 1.807) is 0 Å². The van der Waals surface area contributed by atoms with Crippen molar-refractivity contribution in [2.45, 2.75) is 0 Å². The summed E-state index contributed by atoms with van der Waals surface area (Å²) < 4.78 is 23.9. The van der Waals surface area contributed by atoms with Crippen molar-refractivity contribution < 1.29 is 32.7 Å². The second-order valence-electron chi connectivity index (χ2n) is 2.65. The molecule has 0 saturated heterocycles. The minimum absolute atomic E-state index is 0.358. The zero-order valence-electron chi connectivity index (χ0n) is 7.58. The quantitative estimate of drug-likeness (QED) is 0.720. The van der Waals surface area contributed by atoms with E-state index < -0.39 is 29.0 Å². The lowest BCUT2D eigenvalue weighted by Gasteiger charge is -2.06. The van der Waals surface area contributed by atoms with Gasteiger partial charge in [0.2, 0.25) is 0 Å². The molecule has 0 radical (unpaired) electrons. The first-order chi connectivity index (χ1) is 7.40. The Kier molecular flexibility index (Phi) is 3.59. The van der Waals surface area contributed by atoms with Crippen LogP contribution in [0.15, 0.2) is 18.2 Å². The van der Waals surface area contributed by atoms with Gasteiger partial charge in [0.1, 0.15) is 17.1 Å². The molecule has 0 bridgehead atoms. The molecule has 7 nitrogen and oxygen atoms in total. The van der Waals surface area contributed by atoms with Gasteiger partial charge in [-0.25, -0.2) is 13.8 Å². The van der Waals surface area contributed by atoms with Gasteiger partial charge in [0.25, 0.3) is 0 Å². The van der Waals surface area contributed by atoms with E-state index in [4.69, 9.17) is 10.2 Å². The Morgan fingerprint density at radius 2 is 1.81 bits per heavy atom. The fourth-order valence-electron chi connectivity index (χ4n) is 0.962. The number of carbonyl (C=O) groups is 2. The Morgan fingerprint density at radius 3 is 2.31 bits per heavy atom. The van der Waals surface area contributed by atoms with Crippen LogP contribution in [0.4, 0.5) is 0 Å². The molecule has 8 heteroatoms. The van der Waals surface area contributed by atoms with E-state index in [0.29, 0.717) is 0 Å². The molecular weight excluding hydrogens is 240 g/mol. The molecule has 0 aliphatic carbocycles. The van der Waals surface area contributed by atoms with E-state index in [1.807, 2.05) is 0 Å². The van der Waals surface area contributed by atoms with E-state index in [0.717, 1.165) is 18.2 Å². The van der Waals surface area contributed by atoms with Crippen LogP contribution in [0.5, 0.6) is 5.75 Å². The Balaban J connectivity index is 3.09. The maximum Gasteiger partial charge on any atom is 0.351 e. The molecule has 2 N–H and O–H groups in total. The Morgan fingerprint density at radius 1 is 1.25 bits per heavy atom. The number of carboxylic acids is 1. The van der Waals surface area contributed by atoms with Crippen molar-refractivity contribution in [3.8, 4) is 5.75 Å². The molecule has 0 aliphatic rings. The fraction of sp³-hybridized carbons (Fsp3) is 0. The number of phenolic OH excluding ortho intramolecular Hbond substituents is 1. The minimum Gasteiger partial charge on any atom is -0.740 e. The fourth-order valence-corrected chi connectivity index (χ4v) is 1.18. The zero-order valence-corrected chi connectivity index (χ0v) is 8.39. The minimum atomic E-state index is -3.05. The molecule has 16 heavy (non-hydrogen) atoms. The van der Waals surface area contributed by atoms with Crippen molar-refractivity contribution in [1.82, 2.24) is 0 Å². The highest BCUT2D eigenvalue weighted by Gasteiger charge is 2.13. The van der Waals surface area contributed by atoms with E-state index >= 15 is 0 Å². The average Bonchev–Trinajstić information content (AvgIpc) is 2.15. The lowest BCUT2D eigenvalue weighted by molar-refractivity contribution is 0.0696. The van der Waals surface area contributed by atoms with E-state index in [2.05, 4.69) is 4.18 Å². The number of benzene rings is 1. The number of rotatable bonds is 3. The smallest absolute Gasteiger partial charge is 0.351 e. The molecule has 0 heterocycles. The van der Waals surface area contributed by atoms with Gasteiger partial charge in [0.05, 0.1) is 11.1 Å². The van der Waals surface area contributed by atoms with Gasteiger partial charge >= 0.3 is 11.9 Å². The zero-order chi connectivity index (χ0) is 12.3. The summed E-state index contributed by atoms with van der Waals surface area (Å²) >= 11 is -3.05. The van der Waals surface area contributed by atoms with Crippen LogP contribution in [0.2, 0.25) is 0 Å². The highest BCUT2D eigenvalue weighted by molar-refractivity contribution is 7.74. The van der Waals surface area contributed by atoms with E-state index in [1.165, 1.54) is 0 Å². The summed E-state index contributed by atoms with van der Waals surface area (Å²) in [5.74, 6) is -3.12. The molecule has 0 aromatic heterocycles. The normalized spacial score (nSPS) is 11.8. The van der Waals surface area contributed by atoms with Gasteiger partial charge in [-0.2, -0.15) is 0 Å². The summed E-state index contributed by atoms with van der Waals surface area (Å²) in [6, 6.07) is 2.69. The first kappa shape index (κ1) is 12.1. The molecule has 1 rings (SSSR count). The maximum atomic E-state index is 11.1. The van der Waals surface area contributed by atoms with Crippen LogP contribution in [0, 0.1) is 0 Å². The number of aromatic hydroxyl groups is 1. The number of phenols is 1. The third kappa shape index (κ3) is 3.04. The van der Waals surface area contributed by atoms with Crippen LogP contribution in [0.1, 0.15) is 20.7 Å². The van der Waals surface area contributed by atoms with Crippen LogP contribution < -0.4 is 0 Å². The van der Waals surface area contributed by atoms with Gasteiger partial charge in [-0.15, -0.1) is 0 Å². The molecule has 0 aliphatic heterocycles. The van der Waals surface area contributed by atoms with Crippen molar-refractivity contribution >= 4 is 23.3 Å². The molecule has 0 spiro atoms. The average molecular weight is 245 g/mol. The van der Waals surface area contributed by atoms with Gasteiger partial charge < -0.3 is 18.9 Å². The third-order valence-electron chi connectivity index (χ3n) is 1.54. The maximum absolute atomic E-state index is 11.1. The van der Waals surface area contributed by atoms with Gasteiger partial charge in [0.15, 0.2) is 0 Å². The number of hydrogen-bond acceptors (Lipinski definition) is 6. The molecule has 1 aromatic carbocycles. The van der Waals surface area contributed by atoms with Crippen molar-refractivity contribution in [2.24, 2.45) is 0 Å². The van der Waals surface area contributed by atoms with E-state index in [-0.39, 0.29) is 11.1 Å². The van der Waals surface area contributed by atoms with Crippen molar-refractivity contribution in [3.63, 3.8) is 0 Å². The third-order valence-corrected chi connectivity index (χ3v) is 1.83. The van der Waals surface area contributed by atoms with Crippen LogP contribution >= 0.6 is 0 Å². The molecule has 0 fully saturated rings. The molecule has 0 saturated carbocycles. The summed E-state index contributed by atoms with van der Waals surface area (Å²) in [7, 11) is 0. The lowest BCUT2D eigenvalue weighted by Crippen LogP contribution is -2.08. The molecule has 1 aromatic rings. The van der Waals surface area contributed by atoms with Crippen LogP contribution in [-0.4, -0.2) is 30.9 Å². The summed E-state index contributed by atoms with van der Waals surface area (Å²) in [4.78, 5) is 21.6. The van der Waals surface area contributed by atoms with Gasteiger partial charge in [0, 0.05) is 0 Å². The number of carbonyl (C=O) groups excluding carboxylic acids is 1. The summed E-state index contributed by atoms with van der Waals surface area (Å²) in [5.41, 5.74) is -0.731. The topological polar surface area (TPSA) is 124 Å². The van der Waals surface area contributed by atoms with Gasteiger partial charge in [-0.3, -0.25) is 0 Å². The van der Waals surface area contributed by atoms with Crippen molar-refractivity contribution in [2.75, 3.05) is 0 Å². The second-order valence-corrected chi connectivity index (χ2v) is 3.22. The van der Waals surface area contributed by atoms with Crippen LogP contribution in [-0.2, 0) is 15.5 Å². The van der Waals surface area contributed by atoms with Crippen LogP contribution in [0.25, 0.3) is 0 Å². The lowest BCUT2D eigenvalue weighted by atomic mass is 10.1. The predicted octanol–water partition coefficient (Wildman–Crippen LogP) is 0.0413. The Bertz CT molecular complexity index is 467. The molecule has 1 atom stereocenters. The summed E-state index contributed by atoms with van der Waals surface area (Å²) in [5, 5.41) is 17.7. The highest BCUT2D eigenvalue weighted by atomic mass is 32.2. The van der Waals surface area contributed by atoms with Crippen LogP contribution in [0.3, 0.4) is 0 Å². The van der Waals surface area contributed by atoms with Gasteiger partial charge in [-0.1, -0.05) is 0 Å². The summed E-state index contributed by atoms with van der Waals surface area (Å²) in [6.07, 6.45) is 0. The summed E-state index contributed by atoms with van der Waals surface area (Å²) in [6.45, 7) is 0. The first-order valence-corrected chi connectivity index (χ1v) is 4.79. The molecular formula is C8H5O7S-.